The molecule has 0 saturated heterocycles. The lowest BCUT2D eigenvalue weighted by molar-refractivity contribution is 0.0946. The zero-order chi connectivity index (χ0) is 26.5. The lowest BCUT2D eigenvalue weighted by atomic mass is 10.0. The van der Waals surface area contributed by atoms with Crippen molar-refractivity contribution in [3.8, 4) is 5.75 Å². The maximum atomic E-state index is 12.7. The Labute approximate surface area is 225 Å². The molecule has 9 heteroatoms. The van der Waals surface area contributed by atoms with Gasteiger partial charge in [0.25, 0.3) is 5.91 Å². The van der Waals surface area contributed by atoms with E-state index in [1.165, 1.54) is 6.07 Å². The molecule has 6 N–H and O–H groups in total. The Kier molecular flexibility index (Phi) is 8.74. The van der Waals surface area contributed by atoms with Crippen molar-refractivity contribution in [2.45, 2.75) is 38.6 Å². The molecule has 0 unspecified atom stereocenters. The fraction of sp³-hybridized carbons (Fsp3) is 0.250. The van der Waals surface area contributed by atoms with Gasteiger partial charge in [0.05, 0.1) is 12.7 Å². The highest BCUT2D eigenvalue weighted by atomic mass is 35.5. The molecule has 3 aromatic carbocycles. The van der Waals surface area contributed by atoms with Crippen molar-refractivity contribution in [3.63, 3.8) is 0 Å². The monoisotopic (exact) mass is 541 g/mol. The summed E-state index contributed by atoms with van der Waals surface area (Å²) in [4.78, 5) is 15.8. The number of carbonyl (C=O) groups excluding carboxylic acids is 1. The van der Waals surface area contributed by atoms with E-state index >= 15 is 0 Å². The summed E-state index contributed by atoms with van der Waals surface area (Å²) in [7, 11) is 0. The summed E-state index contributed by atoms with van der Waals surface area (Å²) in [6.45, 7) is 2.35. The predicted octanol–water partition coefficient (Wildman–Crippen LogP) is 4.86. The molecule has 0 spiro atoms. The third-order valence-corrected chi connectivity index (χ3v) is 6.83. The highest BCUT2D eigenvalue weighted by Crippen LogP contribution is 2.23. The number of nitrogens with one attached hydrogen (secondary N) is 3. The number of hydrogen-bond acceptors (Lipinski definition) is 5. The van der Waals surface area contributed by atoms with Crippen molar-refractivity contribution in [2.75, 3.05) is 6.54 Å². The Morgan fingerprint density at radius 1 is 1.03 bits per heavy atom. The van der Waals surface area contributed by atoms with Crippen LogP contribution >= 0.6 is 23.2 Å². The molecule has 0 aliphatic carbocycles. The maximum Gasteiger partial charge on any atom is 0.267 e. The average Bonchev–Trinajstić information content (AvgIpc) is 3.30. The van der Waals surface area contributed by atoms with Crippen LogP contribution in [0.2, 0.25) is 10.0 Å². The molecular formula is C28H29Cl2N3O4. The largest absolute Gasteiger partial charge is 0.508 e. The molecule has 0 aliphatic rings. The molecule has 2 atom stereocenters. The molecule has 4 rings (SSSR count). The van der Waals surface area contributed by atoms with Gasteiger partial charge in [0.1, 0.15) is 11.4 Å². The molecule has 1 heterocycles. The number of fused-ring (bicyclic) bond motifs is 1. The van der Waals surface area contributed by atoms with Gasteiger partial charge in [-0.25, -0.2) is 0 Å². The fourth-order valence-corrected chi connectivity index (χ4v) is 4.64. The number of rotatable bonds is 10. The van der Waals surface area contributed by atoms with E-state index in [1.54, 1.807) is 30.3 Å². The number of aliphatic hydroxyl groups excluding tert-OH is 2. The summed E-state index contributed by atoms with van der Waals surface area (Å²) in [6, 6.07) is 17.8. The van der Waals surface area contributed by atoms with Crippen LogP contribution in [0.3, 0.4) is 0 Å². The summed E-state index contributed by atoms with van der Waals surface area (Å²) < 4.78 is 0. The van der Waals surface area contributed by atoms with Crippen molar-refractivity contribution in [3.05, 3.63) is 98.7 Å². The molecule has 1 amide bonds. The summed E-state index contributed by atoms with van der Waals surface area (Å²) in [5.74, 6) is -0.224. The number of aromatic amines is 1. The summed E-state index contributed by atoms with van der Waals surface area (Å²) in [5, 5.41) is 37.7. The van der Waals surface area contributed by atoms with Gasteiger partial charge >= 0.3 is 0 Å². The van der Waals surface area contributed by atoms with Gasteiger partial charge in [0.2, 0.25) is 0 Å². The first-order chi connectivity index (χ1) is 17.7. The zero-order valence-corrected chi connectivity index (χ0v) is 21.8. The van der Waals surface area contributed by atoms with E-state index in [0.717, 1.165) is 28.5 Å². The highest BCUT2D eigenvalue weighted by Gasteiger charge is 2.14. The van der Waals surface area contributed by atoms with E-state index in [4.69, 9.17) is 23.2 Å². The van der Waals surface area contributed by atoms with Crippen molar-refractivity contribution < 1.29 is 20.1 Å². The summed E-state index contributed by atoms with van der Waals surface area (Å²) in [5.41, 5.74) is 4.20. The van der Waals surface area contributed by atoms with Crippen LogP contribution in [0.4, 0.5) is 0 Å². The van der Waals surface area contributed by atoms with Crippen LogP contribution in [0.15, 0.2) is 60.7 Å². The second kappa shape index (κ2) is 12.0. The smallest absolute Gasteiger partial charge is 0.267 e. The predicted molar refractivity (Wildman–Crippen MR) is 146 cm³/mol. The third kappa shape index (κ3) is 6.83. The third-order valence-electron chi connectivity index (χ3n) is 6.24. The number of benzene rings is 3. The number of H-pyrrole nitrogens is 1. The lowest BCUT2D eigenvalue weighted by Crippen LogP contribution is -2.32. The van der Waals surface area contributed by atoms with E-state index in [0.29, 0.717) is 33.4 Å². The van der Waals surface area contributed by atoms with Gasteiger partial charge in [-0.3, -0.25) is 4.79 Å². The minimum Gasteiger partial charge on any atom is -0.508 e. The minimum atomic E-state index is -0.774. The number of carbonyl (C=O) groups is 1. The molecule has 0 radical (unpaired) electrons. The second-order valence-electron chi connectivity index (χ2n) is 9.10. The molecule has 0 bridgehead atoms. The van der Waals surface area contributed by atoms with Gasteiger partial charge in [0, 0.05) is 45.6 Å². The minimum absolute atomic E-state index is 0.00604. The number of aromatic hydroxyl groups is 1. The molecular weight excluding hydrogens is 513 g/mol. The first kappa shape index (κ1) is 27.0. The van der Waals surface area contributed by atoms with Gasteiger partial charge in [-0.15, -0.1) is 0 Å². The summed E-state index contributed by atoms with van der Waals surface area (Å²) in [6.07, 6.45) is -0.0497. The molecule has 1 aromatic heterocycles. The van der Waals surface area contributed by atoms with Crippen LogP contribution in [0.1, 0.15) is 45.8 Å². The Morgan fingerprint density at radius 3 is 2.59 bits per heavy atom. The highest BCUT2D eigenvalue weighted by molar-refractivity contribution is 6.35. The summed E-state index contributed by atoms with van der Waals surface area (Å²) >= 11 is 12.1. The van der Waals surface area contributed by atoms with Gasteiger partial charge in [0.15, 0.2) is 0 Å². The first-order valence-corrected chi connectivity index (χ1v) is 12.7. The molecule has 4 aromatic rings. The van der Waals surface area contributed by atoms with Gasteiger partial charge < -0.3 is 30.9 Å². The molecule has 37 heavy (non-hydrogen) atoms. The van der Waals surface area contributed by atoms with Crippen molar-refractivity contribution >= 4 is 40.0 Å². The van der Waals surface area contributed by atoms with Crippen LogP contribution in [0.25, 0.3) is 10.9 Å². The standard InChI is InChI=1S/C28H29Cl2N3O4/c1-16(31-14-27(36)18-4-7-26(35)21(10-18)15-34)8-17-2-6-24-20(9-17)11-25(33-24)28(37)32-13-19-3-5-22(29)12-23(19)30/h2-7,9-12,16,27,31,33-36H,8,13-15H2,1H3,(H,32,37)/t16-,27+/m1/s1. The van der Waals surface area contributed by atoms with Crippen LogP contribution in [-0.4, -0.2) is 38.8 Å². The number of aromatic nitrogens is 1. The number of aliphatic hydroxyl groups is 2. The Bertz CT molecular complexity index is 1410. The maximum absolute atomic E-state index is 12.7. The van der Waals surface area contributed by atoms with Crippen LogP contribution in [-0.2, 0) is 19.6 Å². The second-order valence-corrected chi connectivity index (χ2v) is 9.94. The van der Waals surface area contributed by atoms with E-state index in [9.17, 15) is 20.1 Å². The SMILES string of the molecule is C[C@H](Cc1ccc2[nH]c(C(=O)NCc3ccc(Cl)cc3Cl)cc2c1)NC[C@H](O)c1ccc(O)c(CO)c1. The number of amides is 1. The number of halogens is 2. The van der Waals surface area contributed by atoms with Gasteiger partial charge in [-0.1, -0.05) is 41.4 Å². The fourth-order valence-electron chi connectivity index (χ4n) is 4.16. The van der Waals surface area contributed by atoms with E-state index in [1.807, 2.05) is 31.2 Å². The Morgan fingerprint density at radius 2 is 1.84 bits per heavy atom. The Balaban J connectivity index is 1.33. The van der Waals surface area contributed by atoms with Gasteiger partial charge in [-0.2, -0.15) is 0 Å². The Hall–Kier alpha value is -3.07. The molecule has 194 valence electrons. The van der Waals surface area contributed by atoms with E-state index in [2.05, 4.69) is 15.6 Å². The van der Waals surface area contributed by atoms with Gasteiger partial charge in [-0.05, 0) is 72.5 Å². The normalized spacial score (nSPS) is 13.0. The topological polar surface area (TPSA) is 118 Å². The van der Waals surface area contributed by atoms with E-state index in [-0.39, 0.29) is 30.9 Å². The van der Waals surface area contributed by atoms with Crippen LogP contribution in [0.5, 0.6) is 5.75 Å². The van der Waals surface area contributed by atoms with Crippen molar-refractivity contribution in [1.29, 1.82) is 0 Å². The quantitative estimate of drug-likeness (QED) is 0.171. The molecule has 0 saturated carbocycles. The molecule has 7 nitrogen and oxygen atoms in total. The van der Waals surface area contributed by atoms with Crippen LogP contribution in [0, 0.1) is 0 Å². The molecule has 0 fully saturated rings. The number of phenols is 1. The lowest BCUT2D eigenvalue weighted by Gasteiger charge is -2.18. The average molecular weight is 542 g/mol. The van der Waals surface area contributed by atoms with Crippen molar-refractivity contribution in [1.82, 2.24) is 15.6 Å². The van der Waals surface area contributed by atoms with Crippen LogP contribution < -0.4 is 10.6 Å². The van der Waals surface area contributed by atoms with Crippen molar-refractivity contribution in [2.24, 2.45) is 0 Å². The molecule has 0 aliphatic heterocycles. The first-order valence-electron chi connectivity index (χ1n) is 11.9. The number of hydrogen-bond donors (Lipinski definition) is 6. The van der Waals surface area contributed by atoms with E-state index < -0.39 is 6.10 Å². The zero-order valence-electron chi connectivity index (χ0n) is 20.3.